The highest BCUT2D eigenvalue weighted by atomic mass is 32.2. The van der Waals surface area contributed by atoms with E-state index >= 15 is 0 Å². The van der Waals surface area contributed by atoms with E-state index in [0.29, 0.717) is 70.3 Å². The van der Waals surface area contributed by atoms with Crippen LogP contribution in [0, 0.1) is 41.5 Å². The van der Waals surface area contributed by atoms with E-state index in [2.05, 4.69) is 96.3 Å². The molecule has 101 heavy (non-hydrogen) atoms. The molecular weight excluding hydrogens is 1350 g/mol. The van der Waals surface area contributed by atoms with Crippen molar-refractivity contribution in [3.63, 3.8) is 0 Å². The molecule has 552 valence electrons. The molecule has 6 aromatic carbocycles. The zero-order valence-corrected chi connectivity index (χ0v) is 63.9. The molecule has 0 atom stereocenters. The number of nitrogens with one attached hydrogen (secondary N) is 4. The van der Waals surface area contributed by atoms with Gasteiger partial charge in [0.2, 0.25) is 47.8 Å². The Morgan fingerprint density at radius 2 is 0.644 bits per heavy atom. The fourth-order valence-electron chi connectivity index (χ4n) is 12.4. The fraction of sp³-hybridized carbons (Fsp3) is 0.473. The summed E-state index contributed by atoms with van der Waals surface area (Å²) in [5.74, 6) is 1.30. The van der Waals surface area contributed by atoms with Gasteiger partial charge in [-0.3, -0.25) is 14.4 Å². The number of anilines is 3. The summed E-state index contributed by atoms with van der Waals surface area (Å²) >= 11 is 0. The number of likely N-dealkylation sites (N-methyl/N-ethyl adjacent to an activating group) is 2. The number of sulfonamides is 3. The molecule has 0 unspecified atom stereocenters. The molecule has 0 aliphatic carbocycles. The summed E-state index contributed by atoms with van der Waals surface area (Å²) in [4.78, 5) is 49.8. The van der Waals surface area contributed by atoms with Crippen molar-refractivity contribution in [1.82, 2.24) is 44.0 Å². The zero-order valence-electron chi connectivity index (χ0n) is 61.4. The van der Waals surface area contributed by atoms with E-state index < -0.39 is 30.1 Å². The lowest BCUT2D eigenvalue weighted by Gasteiger charge is -2.34. The first kappa shape index (κ1) is 80.5. The van der Waals surface area contributed by atoms with Crippen LogP contribution in [0.15, 0.2) is 124 Å². The second-order valence-electron chi connectivity index (χ2n) is 26.2. The molecule has 3 aliphatic heterocycles. The maximum Gasteiger partial charge on any atom is 0.243 e. The molecule has 3 fully saturated rings. The summed E-state index contributed by atoms with van der Waals surface area (Å²) in [6, 6.07) is 34.8. The van der Waals surface area contributed by atoms with Crippen LogP contribution >= 0.6 is 0 Å². The predicted molar refractivity (Wildman–Crippen MR) is 400 cm³/mol. The van der Waals surface area contributed by atoms with Crippen LogP contribution < -0.4 is 50.2 Å². The fourth-order valence-corrected chi connectivity index (χ4v) is 17.1. The summed E-state index contributed by atoms with van der Waals surface area (Å²) in [5, 5.41) is 12.1. The summed E-state index contributed by atoms with van der Waals surface area (Å²) in [5.41, 5.74) is 10.3. The molecule has 0 radical (unpaired) electrons. The minimum absolute atomic E-state index is 0.0848. The quantitative estimate of drug-likeness (QED) is 0.0412. The summed E-state index contributed by atoms with van der Waals surface area (Å²) < 4.78 is 98.1. The number of aryl methyl sites for hydroxylation is 6. The molecule has 0 aromatic heterocycles. The lowest BCUT2D eigenvalue weighted by molar-refractivity contribution is -0.122. The number of nitrogens with zero attached hydrogens (tertiary/aromatic N) is 8. The van der Waals surface area contributed by atoms with Gasteiger partial charge in [0.1, 0.15) is 17.2 Å². The molecule has 3 aliphatic rings. The molecular formula is C74H106N12O12S3. The first-order valence-electron chi connectivity index (χ1n) is 34.2. The van der Waals surface area contributed by atoms with E-state index in [9.17, 15) is 39.6 Å². The molecule has 0 bridgehead atoms. The number of methoxy groups -OCH3 is 3. The number of carbonyl (C=O) groups is 3. The first-order chi connectivity index (χ1) is 47.9. The summed E-state index contributed by atoms with van der Waals surface area (Å²) in [7, 11) is 2.26. The minimum Gasteiger partial charge on any atom is -0.497 e. The Hall–Kier alpha value is -7.86. The normalized spacial score (nSPS) is 14.8. The second-order valence-corrected chi connectivity index (χ2v) is 32.1. The van der Waals surface area contributed by atoms with Gasteiger partial charge in [0.05, 0.1) is 36.0 Å². The summed E-state index contributed by atoms with van der Waals surface area (Å²) in [6.07, 6.45) is 0.256. The van der Waals surface area contributed by atoms with E-state index in [0.717, 1.165) is 112 Å². The average Bonchev–Trinajstić information content (AvgIpc) is 0.795. The van der Waals surface area contributed by atoms with Crippen LogP contribution in [0.25, 0.3) is 0 Å². The van der Waals surface area contributed by atoms with Crippen LogP contribution in [0.5, 0.6) is 17.2 Å². The van der Waals surface area contributed by atoms with Crippen molar-refractivity contribution in [2.45, 2.75) is 95.1 Å². The van der Waals surface area contributed by atoms with Crippen molar-refractivity contribution in [3.05, 3.63) is 159 Å². The highest BCUT2D eigenvalue weighted by Gasteiger charge is 2.30. The second kappa shape index (κ2) is 37.4. The van der Waals surface area contributed by atoms with Crippen LogP contribution in [-0.4, -0.2) is 220 Å². The predicted octanol–water partition coefficient (Wildman–Crippen LogP) is 6.83. The molecule has 0 spiro atoms. The van der Waals surface area contributed by atoms with E-state index in [1.54, 1.807) is 99.3 Å². The Morgan fingerprint density at radius 3 is 0.891 bits per heavy atom. The number of piperazine rings is 3. The van der Waals surface area contributed by atoms with Crippen LogP contribution in [0.4, 0.5) is 17.1 Å². The van der Waals surface area contributed by atoms with Crippen molar-refractivity contribution in [2.75, 3.05) is 169 Å². The standard InChI is InChI=1S/2C25H36N4O4S.C24H34N4O4S/c2*1-19-15-23(33-5)16-20(2)25(19)34(31,32)28(4)10-9-24(30)26-18-21-7-6-8-22(17-21)29-13-11-27(3)12-14-29;1-18-14-22(32-4)15-19(2)24(18)33(30,31)27(3)11-8-23(29)26-17-20-6-5-7-21(16-20)28-12-9-25-10-13-28/h2*6-8,15-17H,9-14,18H2,1-5H3,(H,26,30);5-7,14-16,25H,8-13,17H2,1-4H3,(H,26,29). The van der Waals surface area contributed by atoms with Crippen molar-refractivity contribution in [3.8, 4) is 17.2 Å². The number of carbonyl (C=O) groups excluding carboxylic acids is 3. The van der Waals surface area contributed by atoms with Crippen LogP contribution in [0.1, 0.15) is 69.3 Å². The van der Waals surface area contributed by atoms with Gasteiger partial charge < -0.3 is 60.0 Å². The Labute approximate surface area is 600 Å². The molecule has 4 N–H and O–H groups in total. The van der Waals surface area contributed by atoms with Gasteiger partial charge >= 0.3 is 0 Å². The first-order valence-corrected chi connectivity index (χ1v) is 38.5. The molecule has 24 nitrogen and oxygen atoms in total. The van der Waals surface area contributed by atoms with Gasteiger partial charge in [-0.25, -0.2) is 38.2 Å². The third kappa shape index (κ3) is 22.6. The van der Waals surface area contributed by atoms with Gasteiger partial charge in [-0.2, -0.15) is 0 Å². The number of rotatable bonds is 27. The maximum absolute atomic E-state index is 13.1. The van der Waals surface area contributed by atoms with Crippen LogP contribution in [-0.2, 0) is 64.1 Å². The lowest BCUT2D eigenvalue weighted by atomic mass is 10.1. The lowest BCUT2D eigenvalue weighted by Crippen LogP contribution is -2.44. The van der Waals surface area contributed by atoms with Crippen LogP contribution in [0.2, 0.25) is 0 Å². The topological polar surface area (TPSA) is 255 Å². The highest BCUT2D eigenvalue weighted by molar-refractivity contribution is 7.89. The molecule has 3 saturated heterocycles. The van der Waals surface area contributed by atoms with Gasteiger partial charge in [-0.1, -0.05) is 36.4 Å². The van der Waals surface area contributed by atoms with E-state index in [1.807, 2.05) is 36.4 Å². The van der Waals surface area contributed by atoms with E-state index in [-0.39, 0.29) is 71.3 Å². The number of hydrogen-bond acceptors (Lipinski definition) is 18. The Balaban J connectivity index is 0.000000213. The molecule has 0 saturated carbocycles. The van der Waals surface area contributed by atoms with Gasteiger partial charge in [0.15, 0.2) is 0 Å². The molecule has 27 heteroatoms. The van der Waals surface area contributed by atoms with Gasteiger partial charge in [-0.15, -0.1) is 0 Å². The molecule has 6 aromatic rings. The minimum atomic E-state index is -3.72. The highest BCUT2D eigenvalue weighted by Crippen LogP contribution is 2.31. The SMILES string of the molecule is COc1cc(C)c(S(=O)(=O)N(C)CCC(=O)NCc2cccc(N3CCN(C)CC3)c2)c(C)c1.COc1cc(C)c(S(=O)(=O)N(C)CCC(=O)NCc2cccc(N3CCN(C)CC3)c2)c(C)c1.COc1cc(C)c(S(=O)(=O)N(C)CCC(=O)NCc2cccc(N3CCNCC3)c2)c(C)c1. The Morgan fingerprint density at radius 1 is 0.396 bits per heavy atom. The third-order valence-corrected chi connectivity index (χ3v) is 24.9. The maximum atomic E-state index is 13.1. The molecule has 3 heterocycles. The average molecular weight is 1450 g/mol. The van der Waals surface area contributed by atoms with Crippen molar-refractivity contribution in [2.24, 2.45) is 0 Å². The Kier molecular flexibility index (Phi) is 29.8. The summed E-state index contributed by atoms with van der Waals surface area (Å²) in [6.45, 7) is 24.0. The van der Waals surface area contributed by atoms with Crippen LogP contribution in [0.3, 0.4) is 0 Å². The molecule has 3 amide bonds. The number of benzene rings is 6. The van der Waals surface area contributed by atoms with Crippen molar-refractivity contribution in [1.29, 1.82) is 0 Å². The number of amides is 3. The monoisotopic (exact) mass is 1450 g/mol. The van der Waals surface area contributed by atoms with E-state index in [4.69, 9.17) is 14.2 Å². The number of ether oxygens (including phenoxy) is 3. The van der Waals surface area contributed by atoms with Gasteiger partial charge in [0, 0.05) is 175 Å². The zero-order chi connectivity index (χ0) is 73.8. The third-order valence-electron chi connectivity index (χ3n) is 18.4. The van der Waals surface area contributed by atoms with Crippen molar-refractivity contribution >= 4 is 64.9 Å². The Bertz CT molecular complexity index is 3890. The van der Waals surface area contributed by atoms with Gasteiger partial charge in [0.25, 0.3) is 0 Å². The smallest absolute Gasteiger partial charge is 0.243 e. The van der Waals surface area contributed by atoms with Gasteiger partial charge in [-0.05, 0) is 179 Å². The number of hydrogen-bond donors (Lipinski definition) is 4. The van der Waals surface area contributed by atoms with Crippen molar-refractivity contribution < 1.29 is 53.8 Å². The van der Waals surface area contributed by atoms with E-state index in [1.165, 1.54) is 34.1 Å². The largest absolute Gasteiger partial charge is 0.497 e. The molecule has 9 rings (SSSR count).